The van der Waals surface area contributed by atoms with E-state index < -0.39 is 0 Å². The van der Waals surface area contributed by atoms with Gasteiger partial charge < -0.3 is 15.8 Å². The molecule has 4 nitrogen and oxygen atoms in total. The first-order valence-corrected chi connectivity index (χ1v) is 4.99. The molecule has 1 heterocycles. The van der Waals surface area contributed by atoms with E-state index in [9.17, 15) is 4.79 Å². The molecule has 1 fully saturated rings. The number of alkyl carbamates (subject to hydrolysis) is 1. The van der Waals surface area contributed by atoms with Gasteiger partial charge in [0.15, 0.2) is 0 Å². The number of nitrogens with one attached hydrogen (secondary N) is 1. The molecule has 1 aliphatic rings. The monoisotopic (exact) mass is 206 g/mol. The van der Waals surface area contributed by atoms with E-state index in [1.54, 1.807) is 0 Å². The predicted molar refractivity (Wildman–Crippen MR) is 57.4 cm³/mol. The van der Waals surface area contributed by atoms with Gasteiger partial charge in [-0.3, -0.25) is 0 Å². The molecule has 4 heteroatoms. The summed E-state index contributed by atoms with van der Waals surface area (Å²) in [5, 5.41) is 2.67. The summed E-state index contributed by atoms with van der Waals surface area (Å²) in [6, 6.07) is 7.77. The highest BCUT2D eigenvalue weighted by atomic mass is 16.6. The Hall–Kier alpha value is -1.71. The number of nitrogen functional groups attached to an aromatic ring is 1. The molecular weight excluding hydrogens is 192 g/mol. The fourth-order valence-corrected chi connectivity index (χ4v) is 1.69. The SMILES string of the molecule is Nc1ccccc1C[C@@H]1CNC(=O)OC1. The molecule has 0 radical (unpaired) electrons. The van der Waals surface area contributed by atoms with Crippen molar-refractivity contribution in [3.05, 3.63) is 29.8 Å². The Morgan fingerprint density at radius 1 is 1.47 bits per heavy atom. The fraction of sp³-hybridized carbons (Fsp3) is 0.364. The van der Waals surface area contributed by atoms with Crippen LogP contribution in [-0.2, 0) is 11.2 Å². The molecule has 0 unspecified atom stereocenters. The fourth-order valence-electron chi connectivity index (χ4n) is 1.69. The number of nitrogens with two attached hydrogens (primary N) is 1. The topological polar surface area (TPSA) is 64.3 Å². The summed E-state index contributed by atoms with van der Waals surface area (Å²) in [5.41, 5.74) is 7.75. The van der Waals surface area contributed by atoms with Gasteiger partial charge in [0.1, 0.15) is 0 Å². The largest absolute Gasteiger partial charge is 0.449 e. The summed E-state index contributed by atoms with van der Waals surface area (Å²) >= 11 is 0. The van der Waals surface area contributed by atoms with Gasteiger partial charge in [0.25, 0.3) is 0 Å². The molecule has 3 N–H and O–H groups in total. The maximum atomic E-state index is 10.8. The minimum absolute atomic E-state index is 0.312. The van der Waals surface area contributed by atoms with E-state index in [2.05, 4.69) is 5.32 Å². The molecule has 0 spiro atoms. The summed E-state index contributed by atoms with van der Waals surface area (Å²) in [6.07, 6.45) is 0.514. The first-order valence-electron chi connectivity index (χ1n) is 4.99. The third-order valence-electron chi connectivity index (χ3n) is 2.55. The Morgan fingerprint density at radius 2 is 2.27 bits per heavy atom. The highest BCUT2D eigenvalue weighted by Crippen LogP contribution is 2.17. The molecule has 1 aliphatic heterocycles. The second-order valence-corrected chi connectivity index (χ2v) is 3.75. The van der Waals surface area contributed by atoms with Crippen molar-refractivity contribution in [1.29, 1.82) is 0 Å². The van der Waals surface area contributed by atoms with Gasteiger partial charge in [0.05, 0.1) is 6.61 Å². The van der Waals surface area contributed by atoms with Crippen LogP contribution in [0.3, 0.4) is 0 Å². The molecule has 2 rings (SSSR count). The number of hydrogen-bond acceptors (Lipinski definition) is 3. The summed E-state index contributed by atoms with van der Waals surface area (Å²) in [4.78, 5) is 10.8. The quantitative estimate of drug-likeness (QED) is 0.714. The minimum Gasteiger partial charge on any atom is -0.449 e. The summed E-state index contributed by atoms with van der Waals surface area (Å²) in [6.45, 7) is 1.13. The van der Waals surface area contributed by atoms with Gasteiger partial charge in [-0.15, -0.1) is 0 Å². The van der Waals surface area contributed by atoms with Gasteiger partial charge in [-0.25, -0.2) is 4.79 Å². The highest BCUT2D eigenvalue weighted by Gasteiger charge is 2.19. The number of para-hydroxylation sites is 1. The lowest BCUT2D eigenvalue weighted by atomic mass is 9.98. The van der Waals surface area contributed by atoms with Gasteiger partial charge in [0, 0.05) is 18.2 Å². The third-order valence-corrected chi connectivity index (χ3v) is 2.55. The van der Waals surface area contributed by atoms with Gasteiger partial charge in [-0.05, 0) is 18.1 Å². The van der Waals surface area contributed by atoms with Gasteiger partial charge >= 0.3 is 6.09 Å². The van der Waals surface area contributed by atoms with Crippen LogP contribution >= 0.6 is 0 Å². The number of anilines is 1. The van der Waals surface area contributed by atoms with Gasteiger partial charge in [0.2, 0.25) is 0 Å². The second-order valence-electron chi connectivity index (χ2n) is 3.75. The molecule has 1 saturated heterocycles. The number of hydrogen-bond donors (Lipinski definition) is 2. The first-order chi connectivity index (χ1) is 7.25. The zero-order valence-electron chi connectivity index (χ0n) is 8.40. The number of benzene rings is 1. The predicted octanol–water partition coefficient (Wildman–Crippen LogP) is 1.17. The molecule has 80 valence electrons. The van der Waals surface area contributed by atoms with E-state index in [0.717, 1.165) is 17.7 Å². The van der Waals surface area contributed by atoms with Crippen LogP contribution in [0.5, 0.6) is 0 Å². The van der Waals surface area contributed by atoms with Crippen LogP contribution in [0.4, 0.5) is 10.5 Å². The number of rotatable bonds is 2. The van der Waals surface area contributed by atoms with Crippen molar-refractivity contribution < 1.29 is 9.53 Å². The van der Waals surface area contributed by atoms with E-state index in [1.807, 2.05) is 24.3 Å². The molecule has 15 heavy (non-hydrogen) atoms. The lowest BCUT2D eigenvalue weighted by Gasteiger charge is -2.23. The van der Waals surface area contributed by atoms with Crippen LogP contribution in [0.1, 0.15) is 5.56 Å². The van der Waals surface area contributed by atoms with Crippen LogP contribution in [0, 0.1) is 5.92 Å². The minimum atomic E-state index is -0.327. The number of ether oxygens (including phenoxy) is 1. The average molecular weight is 206 g/mol. The molecule has 0 saturated carbocycles. The van der Waals surface area contributed by atoms with Gasteiger partial charge in [-0.2, -0.15) is 0 Å². The molecule has 0 aliphatic carbocycles. The van der Waals surface area contributed by atoms with E-state index >= 15 is 0 Å². The molecular formula is C11H14N2O2. The zero-order valence-corrected chi connectivity index (χ0v) is 8.40. The van der Waals surface area contributed by atoms with E-state index in [0.29, 0.717) is 19.1 Å². The summed E-state index contributed by atoms with van der Waals surface area (Å²) < 4.78 is 4.91. The maximum absolute atomic E-state index is 10.8. The second kappa shape index (κ2) is 4.21. The van der Waals surface area contributed by atoms with Crippen LogP contribution in [-0.4, -0.2) is 19.2 Å². The summed E-state index contributed by atoms with van der Waals surface area (Å²) in [7, 11) is 0. The molecule has 1 atom stereocenters. The van der Waals surface area contributed by atoms with Crippen molar-refractivity contribution >= 4 is 11.8 Å². The molecule has 0 aromatic heterocycles. The normalized spacial score (nSPS) is 20.5. The molecule has 1 aromatic rings. The maximum Gasteiger partial charge on any atom is 0.407 e. The van der Waals surface area contributed by atoms with Crippen molar-refractivity contribution in [3.8, 4) is 0 Å². The highest BCUT2D eigenvalue weighted by molar-refractivity contribution is 5.67. The lowest BCUT2D eigenvalue weighted by molar-refractivity contribution is 0.103. The van der Waals surface area contributed by atoms with Crippen molar-refractivity contribution in [2.24, 2.45) is 5.92 Å². The molecule has 0 bridgehead atoms. The Labute approximate surface area is 88.4 Å². The van der Waals surface area contributed by atoms with Crippen molar-refractivity contribution in [2.75, 3.05) is 18.9 Å². The standard InChI is InChI=1S/C11H14N2O2/c12-10-4-2-1-3-9(10)5-8-6-13-11(14)15-7-8/h1-4,8H,5-7,12H2,(H,13,14)/t8-/m1/s1. The van der Waals surface area contributed by atoms with E-state index in [4.69, 9.17) is 10.5 Å². The first kappa shape index (κ1) is 9.83. The summed E-state index contributed by atoms with van der Waals surface area (Å²) in [5.74, 6) is 0.312. The van der Waals surface area contributed by atoms with Crippen LogP contribution in [0.2, 0.25) is 0 Å². The number of cyclic esters (lactones) is 1. The Kier molecular flexibility index (Phi) is 2.76. The third kappa shape index (κ3) is 2.40. The molecule has 1 amide bonds. The van der Waals surface area contributed by atoms with E-state index in [-0.39, 0.29) is 6.09 Å². The van der Waals surface area contributed by atoms with Crippen molar-refractivity contribution in [2.45, 2.75) is 6.42 Å². The van der Waals surface area contributed by atoms with Gasteiger partial charge in [-0.1, -0.05) is 18.2 Å². The van der Waals surface area contributed by atoms with Crippen molar-refractivity contribution in [3.63, 3.8) is 0 Å². The van der Waals surface area contributed by atoms with Crippen LogP contribution in [0.15, 0.2) is 24.3 Å². The Balaban J connectivity index is 1.97. The molecule has 1 aromatic carbocycles. The number of carbonyl (C=O) groups excluding carboxylic acids is 1. The van der Waals surface area contributed by atoms with Crippen LogP contribution in [0.25, 0.3) is 0 Å². The number of amides is 1. The zero-order chi connectivity index (χ0) is 10.7. The number of carbonyl (C=O) groups is 1. The van der Waals surface area contributed by atoms with Crippen molar-refractivity contribution in [1.82, 2.24) is 5.32 Å². The Bertz CT molecular complexity index is 355. The smallest absolute Gasteiger partial charge is 0.407 e. The van der Waals surface area contributed by atoms with Crippen LogP contribution < -0.4 is 11.1 Å². The average Bonchev–Trinajstić information content (AvgIpc) is 2.25. The Morgan fingerprint density at radius 3 is 2.93 bits per heavy atom. The van der Waals surface area contributed by atoms with E-state index in [1.165, 1.54) is 0 Å². The lowest BCUT2D eigenvalue weighted by Crippen LogP contribution is -2.39.